The fourth-order valence-corrected chi connectivity index (χ4v) is 1.99. The van der Waals surface area contributed by atoms with Crippen LogP contribution in [-0.2, 0) is 4.79 Å². The van der Waals surface area contributed by atoms with Crippen LogP contribution in [0.25, 0.3) is 0 Å². The smallest absolute Gasteiger partial charge is 0.223 e. The van der Waals surface area contributed by atoms with Crippen molar-refractivity contribution in [2.24, 2.45) is 5.92 Å². The molecule has 0 spiro atoms. The minimum absolute atomic E-state index is 0.00123. The Morgan fingerprint density at radius 2 is 2.20 bits per heavy atom. The maximum absolute atomic E-state index is 11.8. The van der Waals surface area contributed by atoms with E-state index in [1.54, 1.807) is 24.3 Å². The second-order valence-electron chi connectivity index (χ2n) is 4.99. The first-order valence-electron chi connectivity index (χ1n) is 6.81. The van der Waals surface area contributed by atoms with E-state index in [4.69, 9.17) is 21.4 Å². The Balaban J connectivity index is 2.32. The highest BCUT2D eigenvalue weighted by atomic mass is 35.5. The van der Waals surface area contributed by atoms with Gasteiger partial charge in [0.15, 0.2) is 0 Å². The van der Waals surface area contributed by atoms with Crippen LogP contribution < -0.4 is 10.1 Å². The average molecular weight is 300 g/mol. The molecule has 1 aromatic rings. The molecule has 0 saturated carbocycles. The summed E-state index contributed by atoms with van der Waals surface area (Å²) in [5, 5.41) is 12.5. The number of hydrogen-bond acceptors (Lipinski definition) is 3. The maximum Gasteiger partial charge on any atom is 0.223 e. The summed E-state index contributed by atoms with van der Waals surface area (Å²) < 4.78 is 5.46. The molecule has 4 nitrogen and oxygen atoms in total. The molecule has 1 amide bonds. The number of carbonyl (C=O) groups excluding carboxylic acids is 1. The molecular weight excluding hydrogens is 278 g/mol. The summed E-state index contributed by atoms with van der Waals surface area (Å²) in [4.78, 5) is 11.8. The second-order valence-corrected chi connectivity index (χ2v) is 5.42. The number of carbonyl (C=O) groups is 1. The normalized spacial score (nSPS) is 12.2. The number of rotatable bonds is 8. The van der Waals surface area contributed by atoms with E-state index in [1.807, 2.05) is 13.8 Å². The Labute approximate surface area is 125 Å². The summed E-state index contributed by atoms with van der Waals surface area (Å²) in [6.07, 6.45) is 0.847. The Hall–Kier alpha value is -1.26. The highest BCUT2D eigenvalue weighted by Gasteiger charge is 2.15. The van der Waals surface area contributed by atoms with Gasteiger partial charge in [-0.05, 0) is 30.5 Å². The molecule has 2 N–H and O–H groups in total. The van der Waals surface area contributed by atoms with Crippen LogP contribution in [0.1, 0.15) is 26.7 Å². The summed E-state index contributed by atoms with van der Waals surface area (Å²) in [6, 6.07) is 7.07. The first-order chi connectivity index (χ1) is 9.52. The van der Waals surface area contributed by atoms with Crippen LogP contribution in [0.4, 0.5) is 0 Å². The van der Waals surface area contributed by atoms with Gasteiger partial charge in [-0.15, -0.1) is 0 Å². The number of ether oxygens (including phenoxy) is 1. The van der Waals surface area contributed by atoms with Gasteiger partial charge in [-0.1, -0.05) is 31.5 Å². The Bertz CT molecular complexity index is 423. The third-order valence-corrected chi connectivity index (χ3v) is 3.22. The third-order valence-electron chi connectivity index (χ3n) is 2.99. The third kappa shape index (κ3) is 6.26. The van der Waals surface area contributed by atoms with E-state index in [9.17, 15) is 4.79 Å². The highest BCUT2D eigenvalue weighted by molar-refractivity contribution is 6.30. The predicted octanol–water partition coefficient (Wildman–Crippen LogP) is 2.63. The predicted molar refractivity (Wildman–Crippen MR) is 80.0 cm³/mol. The Kier molecular flexibility index (Phi) is 7.41. The van der Waals surface area contributed by atoms with Gasteiger partial charge < -0.3 is 15.2 Å². The quantitative estimate of drug-likeness (QED) is 0.776. The van der Waals surface area contributed by atoms with Crippen LogP contribution in [0.5, 0.6) is 5.75 Å². The maximum atomic E-state index is 11.8. The zero-order chi connectivity index (χ0) is 15.0. The SMILES string of the molecule is CC(C)C(CCO)NC(=O)CCOc1cccc(Cl)c1. The average Bonchev–Trinajstić information content (AvgIpc) is 2.38. The monoisotopic (exact) mass is 299 g/mol. The standard InChI is InChI=1S/C15H22ClNO3/c1-11(2)14(6-8-18)17-15(19)7-9-20-13-5-3-4-12(16)10-13/h3-5,10-11,14,18H,6-9H2,1-2H3,(H,17,19). The second kappa shape index (κ2) is 8.82. The van der Waals surface area contributed by atoms with E-state index >= 15 is 0 Å². The van der Waals surface area contributed by atoms with Crippen molar-refractivity contribution in [1.29, 1.82) is 0 Å². The van der Waals surface area contributed by atoms with E-state index < -0.39 is 0 Å². The number of nitrogens with one attached hydrogen (secondary N) is 1. The lowest BCUT2D eigenvalue weighted by atomic mass is 10.0. The molecule has 1 aromatic carbocycles. The van der Waals surface area contributed by atoms with Crippen molar-refractivity contribution < 1.29 is 14.6 Å². The highest BCUT2D eigenvalue weighted by Crippen LogP contribution is 2.17. The van der Waals surface area contributed by atoms with E-state index in [0.717, 1.165) is 0 Å². The minimum atomic E-state index is -0.0702. The zero-order valence-electron chi connectivity index (χ0n) is 11.9. The van der Waals surface area contributed by atoms with Gasteiger partial charge in [0, 0.05) is 17.7 Å². The fraction of sp³-hybridized carbons (Fsp3) is 0.533. The molecule has 20 heavy (non-hydrogen) atoms. The van der Waals surface area contributed by atoms with Gasteiger partial charge in [0.05, 0.1) is 13.0 Å². The van der Waals surface area contributed by atoms with Crippen molar-refractivity contribution >= 4 is 17.5 Å². The topological polar surface area (TPSA) is 58.6 Å². The summed E-state index contributed by atoms with van der Waals surface area (Å²) in [7, 11) is 0. The largest absolute Gasteiger partial charge is 0.493 e. The van der Waals surface area contributed by atoms with Gasteiger partial charge in [0.1, 0.15) is 5.75 Å². The molecule has 1 rings (SSSR count). The van der Waals surface area contributed by atoms with Crippen LogP contribution in [0, 0.1) is 5.92 Å². The lowest BCUT2D eigenvalue weighted by Gasteiger charge is -2.21. The van der Waals surface area contributed by atoms with Gasteiger partial charge >= 0.3 is 0 Å². The number of benzene rings is 1. The van der Waals surface area contributed by atoms with Gasteiger partial charge in [0.25, 0.3) is 0 Å². The molecule has 1 atom stereocenters. The van der Waals surface area contributed by atoms with E-state index in [2.05, 4.69) is 5.32 Å². The lowest BCUT2D eigenvalue weighted by molar-refractivity contribution is -0.122. The van der Waals surface area contributed by atoms with Gasteiger partial charge in [0.2, 0.25) is 5.91 Å². The number of aliphatic hydroxyl groups excluding tert-OH is 1. The molecule has 112 valence electrons. The minimum Gasteiger partial charge on any atom is -0.493 e. The molecule has 5 heteroatoms. The summed E-state index contributed by atoms with van der Waals surface area (Å²) >= 11 is 5.84. The Morgan fingerprint density at radius 1 is 1.45 bits per heavy atom. The molecule has 0 aliphatic carbocycles. The summed E-state index contributed by atoms with van der Waals surface area (Å²) in [6.45, 7) is 4.41. The van der Waals surface area contributed by atoms with E-state index in [-0.39, 0.29) is 25.0 Å². The molecular formula is C15H22ClNO3. The Morgan fingerprint density at radius 3 is 2.80 bits per heavy atom. The molecule has 1 unspecified atom stereocenters. The van der Waals surface area contributed by atoms with Crippen molar-refractivity contribution in [2.45, 2.75) is 32.7 Å². The number of halogens is 1. The van der Waals surface area contributed by atoms with Crippen LogP contribution >= 0.6 is 11.6 Å². The van der Waals surface area contributed by atoms with Crippen LogP contribution in [-0.4, -0.2) is 30.3 Å². The van der Waals surface area contributed by atoms with Gasteiger partial charge in [-0.2, -0.15) is 0 Å². The first-order valence-corrected chi connectivity index (χ1v) is 7.19. The molecule has 0 radical (unpaired) electrons. The lowest BCUT2D eigenvalue weighted by Crippen LogP contribution is -2.39. The zero-order valence-corrected chi connectivity index (χ0v) is 12.7. The molecule has 0 aliphatic heterocycles. The van der Waals surface area contributed by atoms with Crippen molar-refractivity contribution in [3.05, 3.63) is 29.3 Å². The van der Waals surface area contributed by atoms with Crippen molar-refractivity contribution in [1.82, 2.24) is 5.32 Å². The fourth-order valence-electron chi connectivity index (χ4n) is 1.81. The van der Waals surface area contributed by atoms with E-state index in [0.29, 0.717) is 29.7 Å². The summed E-state index contributed by atoms with van der Waals surface area (Å²) in [5.74, 6) is 0.875. The van der Waals surface area contributed by atoms with Crippen molar-refractivity contribution in [3.63, 3.8) is 0 Å². The van der Waals surface area contributed by atoms with Crippen molar-refractivity contribution in [3.8, 4) is 5.75 Å². The first kappa shape index (κ1) is 16.8. The molecule has 0 saturated heterocycles. The van der Waals surface area contributed by atoms with E-state index in [1.165, 1.54) is 0 Å². The van der Waals surface area contributed by atoms with Crippen LogP contribution in [0.3, 0.4) is 0 Å². The molecule has 0 aromatic heterocycles. The molecule has 0 fully saturated rings. The van der Waals surface area contributed by atoms with Crippen LogP contribution in [0.15, 0.2) is 24.3 Å². The number of hydrogen-bond donors (Lipinski definition) is 2. The van der Waals surface area contributed by atoms with Crippen molar-refractivity contribution in [2.75, 3.05) is 13.2 Å². The number of amides is 1. The molecule has 0 aliphatic rings. The molecule has 0 heterocycles. The molecule has 0 bridgehead atoms. The van der Waals surface area contributed by atoms with Crippen LogP contribution in [0.2, 0.25) is 5.02 Å². The van der Waals surface area contributed by atoms with Gasteiger partial charge in [-0.3, -0.25) is 4.79 Å². The number of aliphatic hydroxyl groups is 1. The van der Waals surface area contributed by atoms with Gasteiger partial charge in [-0.25, -0.2) is 0 Å². The summed E-state index contributed by atoms with van der Waals surface area (Å²) in [5.41, 5.74) is 0.